The van der Waals surface area contributed by atoms with Crippen molar-refractivity contribution in [2.24, 2.45) is 23.7 Å². The molecule has 8 fully saturated rings. The summed E-state index contributed by atoms with van der Waals surface area (Å²) in [5.41, 5.74) is 21.7. The molecule has 0 aromatic heterocycles. The molecule has 0 spiro atoms. The number of anilines is 11. The average Bonchev–Trinajstić information content (AvgIpc) is 3.42. The van der Waals surface area contributed by atoms with Crippen LogP contribution in [0.3, 0.4) is 0 Å². The number of para-hydroxylation sites is 5. The Morgan fingerprint density at radius 2 is 0.689 bits per heavy atom. The normalized spacial score (nSPS) is 26.3. The first-order chi connectivity index (χ1) is 36.6. The minimum absolute atomic E-state index is 0.00778. The summed E-state index contributed by atoms with van der Waals surface area (Å²) in [5, 5.41) is 0. The van der Waals surface area contributed by atoms with E-state index >= 15 is 0 Å². The zero-order valence-electron chi connectivity index (χ0n) is 41.7. The Kier molecular flexibility index (Phi) is 8.41. The third kappa shape index (κ3) is 5.69. The lowest BCUT2D eigenvalue weighted by atomic mass is 9.30. The molecule has 8 aromatic rings. The number of hydrogen-bond acceptors (Lipinski definition) is 6. The summed E-state index contributed by atoms with van der Waals surface area (Å²) in [6, 6.07) is 69.7. The van der Waals surface area contributed by atoms with Crippen molar-refractivity contribution in [1.82, 2.24) is 0 Å². The summed E-state index contributed by atoms with van der Waals surface area (Å²) < 4.78 is 7.68. The van der Waals surface area contributed by atoms with E-state index < -0.39 is 0 Å². The predicted molar refractivity (Wildman–Crippen MR) is 307 cm³/mol. The molecule has 4 saturated carbocycles. The second kappa shape index (κ2) is 15.2. The van der Waals surface area contributed by atoms with Gasteiger partial charge in [-0.15, -0.1) is 0 Å². The van der Waals surface area contributed by atoms with E-state index in [1.165, 1.54) is 160 Å². The second-order valence-electron chi connectivity index (χ2n) is 24.1. The molecule has 12 aliphatic rings. The lowest BCUT2D eigenvalue weighted by molar-refractivity contribution is 0.0899. The molecule has 8 bridgehead atoms. The fourth-order valence-corrected chi connectivity index (χ4v) is 17.9. The largest absolute Gasteiger partial charge is 0.458 e. The van der Waals surface area contributed by atoms with Gasteiger partial charge in [0.2, 0.25) is 0 Å². The van der Waals surface area contributed by atoms with Crippen molar-refractivity contribution in [3.63, 3.8) is 0 Å². The van der Waals surface area contributed by atoms with E-state index in [2.05, 4.69) is 200 Å². The molecule has 0 radical (unpaired) electrons. The van der Waals surface area contributed by atoms with Gasteiger partial charge in [-0.25, -0.2) is 0 Å². The van der Waals surface area contributed by atoms with Crippen molar-refractivity contribution in [3.8, 4) is 11.5 Å². The molecule has 4 aliphatic carbocycles. The second-order valence-corrected chi connectivity index (χ2v) is 24.1. The molecule has 0 unspecified atom stereocenters. The molecule has 358 valence electrons. The van der Waals surface area contributed by atoms with Crippen molar-refractivity contribution < 1.29 is 4.74 Å². The Morgan fingerprint density at radius 1 is 0.297 bits per heavy atom. The van der Waals surface area contributed by atoms with E-state index in [4.69, 9.17) is 4.74 Å². The number of benzene rings is 8. The predicted octanol–water partition coefficient (Wildman–Crippen LogP) is 11.7. The van der Waals surface area contributed by atoms with Gasteiger partial charge in [0, 0.05) is 98.9 Å². The van der Waals surface area contributed by atoms with Gasteiger partial charge in [-0.2, -0.15) is 0 Å². The summed E-state index contributed by atoms with van der Waals surface area (Å²) in [7, 11) is 0. The number of ether oxygens (including phenoxy) is 1. The van der Waals surface area contributed by atoms with E-state index in [1.54, 1.807) is 0 Å². The molecule has 0 atom stereocenters. The average molecular weight is 958 g/mol. The van der Waals surface area contributed by atoms with Crippen LogP contribution < -0.4 is 62.0 Å². The Morgan fingerprint density at radius 3 is 1.16 bits per heavy atom. The summed E-state index contributed by atoms with van der Waals surface area (Å²) in [4.78, 5) is 13.5. The third-order valence-corrected chi connectivity index (χ3v) is 20.1. The third-order valence-electron chi connectivity index (χ3n) is 20.1. The van der Waals surface area contributed by atoms with Crippen LogP contribution in [0.1, 0.15) is 64.2 Å². The molecular weight excluding hydrogens is 900 g/mol. The molecule has 8 aliphatic heterocycles. The van der Waals surface area contributed by atoms with Crippen LogP contribution in [-0.2, 0) is 0 Å². The van der Waals surface area contributed by atoms with E-state index in [-0.39, 0.29) is 13.4 Å². The maximum Gasteiger partial charge on any atom is 0.256 e. The zero-order valence-corrected chi connectivity index (χ0v) is 41.7. The highest BCUT2D eigenvalue weighted by Gasteiger charge is 2.52. The zero-order chi connectivity index (χ0) is 47.9. The first-order valence-corrected chi connectivity index (χ1v) is 28.1. The maximum absolute atomic E-state index is 7.68. The van der Waals surface area contributed by atoms with Gasteiger partial charge in [-0.1, -0.05) is 97.1 Å². The number of fused-ring (bicyclic) bond motifs is 8. The first-order valence-electron chi connectivity index (χ1n) is 28.1. The number of hydrogen-bond donors (Lipinski definition) is 0. The van der Waals surface area contributed by atoms with Crippen LogP contribution in [0.15, 0.2) is 176 Å². The monoisotopic (exact) mass is 957 g/mol. The van der Waals surface area contributed by atoms with E-state index in [0.717, 1.165) is 35.2 Å². The van der Waals surface area contributed by atoms with Crippen LogP contribution in [0.4, 0.5) is 62.6 Å². The molecule has 0 amide bonds. The van der Waals surface area contributed by atoms with E-state index in [0.29, 0.717) is 24.2 Å². The van der Waals surface area contributed by atoms with Crippen LogP contribution >= 0.6 is 0 Å². The van der Waals surface area contributed by atoms with Gasteiger partial charge < -0.3 is 29.2 Å². The molecule has 8 heteroatoms. The van der Waals surface area contributed by atoms with E-state index in [9.17, 15) is 0 Å². The molecule has 6 nitrogen and oxygen atoms in total. The van der Waals surface area contributed by atoms with Crippen molar-refractivity contribution in [3.05, 3.63) is 176 Å². The Hall–Kier alpha value is -7.31. The Labute approximate surface area is 435 Å². The van der Waals surface area contributed by atoms with Gasteiger partial charge >= 0.3 is 0 Å². The summed E-state index contributed by atoms with van der Waals surface area (Å²) in [5.74, 6) is 5.48. The van der Waals surface area contributed by atoms with Gasteiger partial charge in [0.1, 0.15) is 11.5 Å². The van der Waals surface area contributed by atoms with Crippen molar-refractivity contribution >= 4 is 109 Å². The minimum Gasteiger partial charge on any atom is -0.458 e. The lowest BCUT2D eigenvalue weighted by Gasteiger charge is -2.58. The summed E-state index contributed by atoms with van der Waals surface area (Å²) >= 11 is 0. The molecule has 0 N–H and O–H groups in total. The number of nitrogens with zero attached hydrogens (tertiary/aromatic N) is 5. The molecule has 8 aromatic carbocycles. The van der Waals surface area contributed by atoms with Crippen molar-refractivity contribution in [1.29, 1.82) is 0 Å². The van der Waals surface area contributed by atoms with Crippen molar-refractivity contribution in [2.45, 2.75) is 88.4 Å². The number of piperidine rings is 4. The smallest absolute Gasteiger partial charge is 0.256 e. The van der Waals surface area contributed by atoms with Crippen molar-refractivity contribution in [2.75, 3.05) is 24.5 Å². The van der Waals surface area contributed by atoms with Gasteiger partial charge in [-0.05, 0) is 187 Å². The SMILES string of the molecule is c1ccc(N2c3ccccc3B3c4cc5c(cc4Oc4cc(N6C7CC8CC(C7)CC6C8)cc2c43)N(c2ccccc2)c2cc(N3C4CC6CC(C4)CC3C6)cc3c2B5c2ccccc2N3c2ccccc2)cc1. The van der Waals surface area contributed by atoms with Crippen LogP contribution in [0.2, 0.25) is 0 Å². The fraction of sp³-hybridized carbons (Fsp3) is 0.273. The summed E-state index contributed by atoms with van der Waals surface area (Å²) in [6.07, 6.45) is 13.4. The van der Waals surface area contributed by atoms with Crippen LogP contribution in [0.5, 0.6) is 11.5 Å². The lowest BCUT2D eigenvalue weighted by Crippen LogP contribution is -2.64. The van der Waals surface area contributed by atoms with Gasteiger partial charge in [0.05, 0.1) is 0 Å². The Bertz CT molecular complexity index is 3590. The highest BCUT2D eigenvalue weighted by molar-refractivity contribution is 7.02. The van der Waals surface area contributed by atoms with Gasteiger partial charge in [0.25, 0.3) is 13.4 Å². The number of rotatable bonds is 5. The van der Waals surface area contributed by atoms with Crippen LogP contribution in [0.25, 0.3) is 0 Å². The van der Waals surface area contributed by atoms with Gasteiger partial charge in [0.15, 0.2) is 0 Å². The van der Waals surface area contributed by atoms with Crippen LogP contribution in [-0.4, -0.2) is 37.6 Å². The van der Waals surface area contributed by atoms with Gasteiger partial charge in [-0.3, -0.25) is 0 Å². The highest BCUT2D eigenvalue weighted by atomic mass is 16.5. The molecule has 20 rings (SSSR count). The standard InChI is InChI=1S/C66H57B2N5O/c1-4-14-44(15-5-1)71-57-22-12-10-20-53(57)67-55-38-56-63(39-59(55)73(46-18-8-3-9-19-46)61-35-51(34-60(71)65(61)67)69-47-26-40-24-41(28-47)29-48(69)27-40)74-64-37-52(70-49-30-42-25-43(32-49)33-50(70)31-42)36-62-66(64)68(56)54-21-11-13-23-58(54)72(62)45-16-6-2-7-17-45/h1-23,34-43,47-50H,24-33H2. The van der Waals surface area contributed by atoms with Crippen LogP contribution in [0, 0.1) is 23.7 Å². The summed E-state index contributed by atoms with van der Waals surface area (Å²) in [6.45, 7) is -0.0304. The minimum atomic E-state index is -0.0226. The molecule has 8 heterocycles. The van der Waals surface area contributed by atoms with E-state index in [1.807, 2.05) is 0 Å². The first kappa shape index (κ1) is 41.1. The highest BCUT2D eigenvalue weighted by Crippen LogP contribution is 2.55. The molecule has 74 heavy (non-hydrogen) atoms. The fourth-order valence-electron chi connectivity index (χ4n) is 17.9. The molecule has 4 saturated heterocycles. The topological polar surface area (TPSA) is 25.4 Å². The quantitative estimate of drug-likeness (QED) is 0.160. The Balaban J connectivity index is 0.889. The maximum atomic E-state index is 7.68. The molecular formula is C66H57B2N5O.